The summed E-state index contributed by atoms with van der Waals surface area (Å²) >= 11 is 1.50. The molecule has 0 radical (unpaired) electrons. The first-order chi connectivity index (χ1) is 11.7. The first-order valence-corrected chi connectivity index (χ1v) is 8.40. The second kappa shape index (κ2) is 4.75. The minimum atomic E-state index is 0.590. The Morgan fingerprint density at radius 3 is 2.83 bits per heavy atom. The van der Waals surface area contributed by atoms with Crippen LogP contribution in [0.1, 0.15) is 5.56 Å². The number of aromatic nitrogens is 4. The van der Waals surface area contributed by atoms with Crippen molar-refractivity contribution in [3.8, 4) is 11.3 Å². The molecule has 5 nitrogen and oxygen atoms in total. The monoisotopic (exact) mass is 331 g/mol. The quantitative estimate of drug-likeness (QED) is 0.480. The zero-order chi connectivity index (χ0) is 16.3. The van der Waals surface area contributed by atoms with Crippen LogP contribution in [0.25, 0.3) is 43.3 Å². The van der Waals surface area contributed by atoms with Crippen molar-refractivity contribution in [1.82, 2.24) is 20.2 Å². The molecular weight excluding hydrogens is 318 g/mol. The van der Waals surface area contributed by atoms with Crippen LogP contribution in [0.3, 0.4) is 0 Å². The summed E-state index contributed by atoms with van der Waals surface area (Å²) < 4.78 is 1.08. The molecule has 0 aliphatic rings. The lowest BCUT2D eigenvalue weighted by Gasteiger charge is -2.08. The zero-order valence-corrected chi connectivity index (χ0v) is 13.7. The number of thiazole rings is 1. The molecule has 0 saturated carbocycles. The lowest BCUT2D eigenvalue weighted by Crippen LogP contribution is -1.89. The van der Waals surface area contributed by atoms with Gasteiger partial charge in [0.1, 0.15) is 0 Å². The van der Waals surface area contributed by atoms with Crippen LogP contribution >= 0.6 is 11.3 Å². The number of aromatic amines is 1. The Morgan fingerprint density at radius 1 is 1.04 bits per heavy atom. The molecule has 3 aromatic heterocycles. The number of nitrogen functional groups attached to an aromatic ring is 1. The van der Waals surface area contributed by atoms with Crippen molar-refractivity contribution in [3.05, 3.63) is 48.2 Å². The van der Waals surface area contributed by atoms with Gasteiger partial charge >= 0.3 is 0 Å². The van der Waals surface area contributed by atoms with Gasteiger partial charge in [0, 0.05) is 16.3 Å². The van der Waals surface area contributed by atoms with Crippen molar-refractivity contribution in [2.75, 3.05) is 5.73 Å². The fraction of sp³-hybridized carbons (Fsp3) is 0.0556. The highest BCUT2D eigenvalue weighted by atomic mass is 32.1. The molecule has 24 heavy (non-hydrogen) atoms. The van der Waals surface area contributed by atoms with Gasteiger partial charge in [-0.25, -0.2) is 9.97 Å². The van der Waals surface area contributed by atoms with Crippen LogP contribution in [0.5, 0.6) is 0 Å². The van der Waals surface area contributed by atoms with Gasteiger partial charge in [-0.2, -0.15) is 5.10 Å². The molecule has 3 N–H and O–H groups in total. The van der Waals surface area contributed by atoms with Gasteiger partial charge in [0.2, 0.25) is 0 Å². The summed E-state index contributed by atoms with van der Waals surface area (Å²) in [5, 5.41) is 9.99. The molecular formula is C18H13N5S. The van der Waals surface area contributed by atoms with E-state index >= 15 is 0 Å². The number of pyridine rings is 1. The summed E-state index contributed by atoms with van der Waals surface area (Å²) in [6.07, 6.45) is 1.86. The van der Waals surface area contributed by atoms with Gasteiger partial charge in [-0.15, -0.1) is 0 Å². The molecule has 0 spiro atoms. The molecule has 0 unspecified atom stereocenters. The van der Waals surface area contributed by atoms with E-state index in [9.17, 15) is 0 Å². The van der Waals surface area contributed by atoms with Crippen LogP contribution < -0.4 is 5.73 Å². The Hall–Kier alpha value is -2.99. The van der Waals surface area contributed by atoms with E-state index in [-0.39, 0.29) is 0 Å². The number of H-pyrrole nitrogens is 1. The fourth-order valence-electron chi connectivity index (χ4n) is 3.20. The summed E-state index contributed by atoms with van der Waals surface area (Å²) in [6, 6.07) is 12.3. The molecule has 0 amide bonds. The van der Waals surface area contributed by atoms with Crippen molar-refractivity contribution in [2.24, 2.45) is 0 Å². The standard InChI is InChI=1S/C18H13N5S/c1-9-6-15(10-2-3-13-16(7-10)24-18(19)22-13)21-14-5-4-12-11(17(9)14)8-20-23-12/h2-8H,1H3,(H2,19,22)(H,20,23). The van der Waals surface area contributed by atoms with E-state index < -0.39 is 0 Å². The largest absolute Gasteiger partial charge is 0.375 e. The van der Waals surface area contributed by atoms with E-state index in [0.717, 1.165) is 43.3 Å². The SMILES string of the molecule is Cc1cc(-c2ccc3nc(N)sc3c2)nc2ccc3[nH]ncc3c12. The van der Waals surface area contributed by atoms with Crippen LogP contribution in [0.4, 0.5) is 5.13 Å². The van der Waals surface area contributed by atoms with Gasteiger partial charge in [0.15, 0.2) is 5.13 Å². The average molecular weight is 331 g/mol. The van der Waals surface area contributed by atoms with Crippen molar-refractivity contribution in [1.29, 1.82) is 0 Å². The maximum atomic E-state index is 5.80. The third-order valence-corrected chi connectivity index (χ3v) is 5.14. The maximum absolute atomic E-state index is 5.80. The lowest BCUT2D eigenvalue weighted by molar-refractivity contribution is 1.12. The summed E-state index contributed by atoms with van der Waals surface area (Å²) in [7, 11) is 0. The molecule has 3 heterocycles. The van der Waals surface area contributed by atoms with Crippen LogP contribution in [-0.4, -0.2) is 20.2 Å². The van der Waals surface area contributed by atoms with Gasteiger partial charge in [0.05, 0.1) is 33.1 Å². The van der Waals surface area contributed by atoms with E-state index in [1.165, 1.54) is 16.9 Å². The highest BCUT2D eigenvalue weighted by molar-refractivity contribution is 7.22. The van der Waals surface area contributed by atoms with E-state index in [0.29, 0.717) is 5.13 Å². The third kappa shape index (κ3) is 1.90. The Kier molecular flexibility index (Phi) is 2.66. The Balaban J connectivity index is 1.77. The normalized spacial score (nSPS) is 11.7. The summed E-state index contributed by atoms with van der Waals surface area (Å²) in [6.45, 7) is 2.11. The molecule has 116 valence electrons. The Labute approximate surface area is 141 Å². The second-order valence-corrected chi connectivity index (χ2v) is 6.91. The number of nitrogens with two attached hydrogens (primary N) is 1. The third-order valence-electron chi connectivity index (χ3n) is 4.29. The van der Waals surface area contributed by atoms with E-state index in [1.807, 2.05) is 30.5 Å². The van der Waals surface area contributed by atoms with Crippen LogP contribution in [0.2, 0.25) is 0 Å². The van der Waals surface area contributed by atoms with Gasteiger partial charge < -0.3 is 5.73 Å². The summed E-state index contributed by atoms with van der Waals surface area (Å²) in [5.41, 5.74) is 12.0. The molecule has 0 saturated heterocycles. The molecule has 0 fully saturated rings. The number of anilines is 1. The van der Waals surface area contributed by atoms with E-state index in [1.54, 1.807) is 0 Å². The molecule has 0 aliphatic carbocycles. The Bertz CT molecular complexity index is 1230. The van der Waals surface area contributed by atoms with Crippen LogP contribution in [0.15, 0.2) is 42.6 Å². The van der Waals surface area contributed by atoms with Crippen LogP contribution in [-0.2, 0) is 0 Å². The second-order valence-electron chi connectivity index (χ2n) is 5.85. The number of nitrogens with one attached hydrogen (secondary N) is 1. The van der Waals surface area contributed by atoms with Crippen molar-refractivity contribution in [2.45, 2.75) is 6.92 Å². The molecule has 0 bridgehead atoms. The minimum absolute atomic E-state index is 0.590. The summed E-state index contributed by atoms with van der Waals surface area (Å²) in [5.74, 6) is 0. The number of hydrogen-bond donors (Lipinski definition) is 2. The minimum Gasteiger partial charge on any atom is -0.375 e. The number of fused-ring (bicyclic) bond motifs is 4. The van der Waals surface area contributed by atoms with Gasteiger partial charge in [0.25, 0.3) is 0 Å². The smallest absolute Gasteiger partial charge is 0.181 e. The number of aryl methyl sites for hydroxylation is 1. The number of rotatable bonds is 1. The van der Waals surface area contributed by atoms with Gasteiger partial charge in [-0.1, -0.05) is 17.4 Å². The molecule has 6 heteroatoms. The molecule has 2 aromatic carbocycles. The maximum Gasteiger partial charge on any atom is 0.181 e. The predicted molar refractivity (Wildman–Crippen MR) is 99.2 cm³/mol. The van der Waals surface area contributed by atoms with E-state index in [4.69, 9.17) is 10.7 Å². The van der Waals surface area contributed by atoms with Crippen molar-refractivity contribution < 1.29 is 0 Å². The number of benzene rings is 2. The topological polar surface area (TPSA) is 80.5 Å². The molecule has 0 atom stereocenters. The van der Waals surface area contributed by atoms with Crippen molar-refractivity contribution in [3.63, 3.8) is 0 Å². The predicted octanol–water partition coefficient (Wildman–Crippen LogP) is 4.28. The molecule has 0 aliphatic heterocycles. The van der Waals surface area contributed by atoms with E-state index in [2.05, 4.69) is 34.2 Å². The molecule has 5 aromatic rings. The highest BCUT2D eigenvalue weighted by Crippen LogP contribution is 2.32. The first kappa shape index (κ1) is 13.4. The fourth-order valence-corrected chi connectivity index (χ4v) is 3.98. The van der Waals surface area contributed by atoms with Crippen molar-refractivity contribution >= 4 is 48.5 Å². The van der Waals surface area contributed by atoms with Gasteiger partial charge in [-0.05, 0) is 42.8 Å². The number of nitrogens with zero attached hydrogens (tertiary/aromatic N) is 3. The highest BCUT2D eigenvalue weighted by Gasteiger charge is 2.10. The first-order valence-electron chi connectivity index (χ1n) is 7.59. The summed E-state index contributed by atoms with van der Waals surface area (Å²) in [4.78, 5) is 9.17. The molecule has 5 rings (SSSR count). The average Bonchev–Trinajstić information content (AvgIpc) is 3.18. The van der Waals surface area contributed by atoms with Crippen LogP contribution in [0, 0.1) is 6.92 Å². The van der Waals surface area contributed by atoms with Gasteiger partial charge in [-0.3, -0.25) is 5.10 Å². The Morgan fingerprint density at radius 2 is 1.92 bits per heavy atom. The zero-order valence-electron chi connectivity index (χ0n) is 12.9. The number of hydrogen-bond acceptors (Lipinski definition) is 5. The lowest BCUT2D eigenvalue weighted by atomic mass is 10.0.